The van der Waals surface area contributed by atoms with Gasteiger partial charge in [0.2, 0.25) is 11.7 Å². The van der Waals surface area contributed by atoms with Crippen molar-refractivity contribution in [3.05, 3.63) is 46.3 Å². The van der Waals surface area contributed by atoms with Crippen LogP contribution in [0, 0.1) is 0 Å². The van der Waals surface area contributed by atoms with Crippen molar-refractivity contribution in [2.45, 2.75) is 20.0 Å². The first kappa shape index (κ1) is 23.4. The van der Waals surface area contributed by atoms with Gasteiger partial charge in [-0.15, -0.1) is 35.3 Å². The van der Waals surface area contributed by atoms with Crippen LogP contribution in [0.15, 0.2) is 39.2 Å². The minimum atomic E-state index is 0. The van der Waals surface area contributed by atoms with Crippen LogP contribution in [0.2, 0.25) is 5.02 Å². The molecule has 2 heterocycles. The number of anilines is 1. The van der Waals surface area contributed by atoms with Crippen LogP contribution in [0.25, 0.3) is 11.4 Å². The Labute approximate surface area is 195 Å². The Hall–Kier alpha value is -1.92. The van der Waals surface area contributed by atoms with Gasteiger partial charge in [0.05, 0.1) is 18.8 Å². The number of nitrogens with zero attached hydrogens (tertiary/aromatic N) is 5. The molecule has 0 bridgehead atoms. The monoisotopic (exact) mass is 547 g/mol. The fraction of sp³-hybridized carbons (Fsp3) is 0.333. The standard InChI is InChI=1S/C18H22ClN7OS.HI/c1-4-20-17(21-9-14-11-28-18(23-14)26(2)3)22-10-15-24-16(25-27-15)12-6-5-7-13(19)8-12;/h5-8,11H,4,9-10H2,1-3H3,(H2,20,21,22);1H. The molecule has 0 atom stereocenters. The van der Waals surface area contributed by atoms with E-state index in [0.717, 1.165) is 22.9 Å². The smallest absolute Gasteiger partial charge is 0.246 e. The highest BCUT2D eigenvalue weighted by atomic mass is 127. The van der Waals surface area contributed by atoms with Crippen molar-refractivity contribution in [3.63, 3.8) is 0 Å². The van der Waals surface area contributed by atoms with Gasteiger partial charge in [0.15, 0.2) is 11.1 Å². The summed E-state index contributed by atoms with van der Waals surface area (Å²) >= 11 is 7.61. The second-order valence-electron chi connectivity index (χ2n) is 6.09. The second kappa shape index (κ2) is 11.3. The van der Waals surface area contributed by atoms with Gasteiger partial charge in [0.25, 0.3) is 0 Å². The van der Waals surface area contributed by atoms with Gasteiger partial charge >= 0.3 is 0 Å². The van der Waals surface area contributed by atoms with Gasteiger partial charge in [-0.05, 0) is 19.1 Å². The van der Waals surface area contributed by atoms with Crippen molar-refractivity contribution in [2.75, 3.05) is 25.5 Å². The van der Waals surface area contributed by atoms with Crippen molar-refractivity contribution >= 4 is 58.0 Å². The number of hydrogen-bond acceptors (Lipinski definition) is 7. The number of aromatic nitrogens is 3. The third-order valence-corrected chi connectivity index (χ3v) is 4.92. The Bertz CT molecular complexity index is 944. The van der Waals surface area contributed by atoms with E-state index in [1.165, 1.54) is 0 Å². The molecule has 2 aromatic heterocycles. The number of benzene rings is 1. The topological polar surface area (TPSA) is 91.5 Å². The maximum Gasteiger partial charge on any atom is 0.246 e. The van der Waals surface area contributed by atoms with Crippen LogP contribution < -0.4 is 15.5 Å². The van der Waals surface area contributed by atoms with Crippen molar-refractivity contribution in [3.8, 4) is 11.4 Å². The molecular formula is C18H23ClIN7OS. The maximum atomic E-state index is 6.01. The molecule has 0 aliphatic carbocycles. The summed E-state index contributed by atoms with van der Waals surface area (Å²) in [5, 5.41) is 14.0. The number of thiazole rings is 1. The van der Waals surface area contributed by atoms with E-state index < -0.39 is 0 Å². The first-order valence-corrected chi connectivity index (χ1v) is 10.0. The molecule has 0 spiro atoms. The average Bonchev–Trinajstić information content (AvgIpc) is 3.34. The van der Waals surface area contributed by atoms with E-state index in [0.29, 0.717) is 35.8 Å². The highest BCUT2D eigenvalue weighted by Crippen LogP contribution is 2.20. The molecule has 0 radical (unpaired) electrons. The van der Waals surface area contributed by atoms with E-state index in [1.807, 2.05) is 43.4 Å². The quantitative estimate of drug-likeness (QED) is 0.264. The Morgan fingerprint density at radius 2 is 2.10 bits per heavy atom. The molecule has 3 rings (SSSR count). The Balaban J connectivity index is 0.00000300. The zero-order chi connectivity index (χ0) is 19.9. The molecular weight excluding hydrogens is 525 g/mol. The molecule has 0 fully saturated rings. The minimum Gasteiger partial charge on any atom is -0.357 e. The van der Waals surface area contributed by atoms with Gasteiger partial charge < -0.3 is 20.1 Å². The molecule has 0 saturated carbocycles. The molecule has 0 aliphatic heterocycles. The number of rotatable bonds is 7. The molecule has 156 valence electrons. The molecule has 3 aromatic rings. The van der Waals surface area contributed by atoms with Gasteiger partial charge in [0.1, 0.15) is 0 Å². The van der Waals surface area contributed by atoms with E-state index in [4.69, 9.17) is 16.1 Å². The molecule has 8 nitrogen and oxygen atoms in total. The normalized spacial score (nSPS) is 11.1. The summed E-state index contributed by atoms with van der Waals surface area (Å²) in [6, 6.07) is 7.33. The number of nitrogens with one attached hydrogen (secondary N) is 2. The SMILES string of the molecule is CCNC(=NCc1csc(N(C)C)n1)NCc1nc(-c2cccc(Cl)c2)no1.I. The fourth-order valence-electron chi connectivity index (χ4n) is 2.31. The van der Waals surface area contributed by atoms with E-state index in [-0.39, 0.29) is 24.0 Å². The lowest BCUT2D eigenvalue weighted by Crippen LogP contribution is -2.36. The van der Waals surface area contributed by atoms with Crippen LogP contribution in [0.5, 0.6) is 0 Å². The molecule has 2 N–H and O–H groups in total. The summed E-state index contributed by atoms with van der Waals surface area (Å²) in [7, 11) is 3.94. The van der Waals surface area contributed by atoms with E-state index >= 15 is 0 Å². The van der Waals surface area contributed by atoms with E-state index in [2.05, 4.69) is 30.8 Å². The maximum absolute atomic E-state index is 6.01. The first-order valence-electron chi connectivity index (χ1n) is 8.77. The zero-order valence-corrected chi connectivity index (χ0v) is 20.2. The van der Waals surface area contributed by atoms with Gasteiger partial charge in [-0.2, -0.15) is 4.98 Å². The van der Waals surface area contributed by atoms with Gasteiger partial charge in [-0.3, -0.25) is 0 Å². The number of halogens is 2. The average molecular weight is 548 g/mol. The molecule has 0 aliphatic rings. The molecule has 1 aromatic carbocycles. The van der Waals surface area contributed by atoms with Crippen LogP contribution in [-0.2, 0) is 13.1 Å². The highest BCUT2D eigenvalue weighted by Gasteiger charge is 2.10. The highest BCUT2D eigenvalue weighted by molar-refractivity contribution is 14.0. The van der Waals surface area contributed by atoms with Crippen LogP contribution in [0.1, 0.15) is 18.5 Å². The number of hydrogen-bond donors (Lipinski definition) is 2. The Morgan fingerprint density at radius 1 is 1.28 bits per heavy atom. The summed E-state index contributed by atoms with van der Waals surface area (Å²) in [4.78, 5) is 15.5. The van der Waals surface area contributed by atoms with Crippen molar-refractivity contribution in [1.29, 1.82) is 0 Å². The molecule has 29 heavy (non-hydrogen) atoms. The summed E-state index contributed by atoms with van der Waals surface area (Å²) < 4.78 is 5.31. The number of guanidine groups is 1. The molecule has 0 amide bonds. The van der Waals surface area contributed by atoms with Crippen LogP contribution in [-0.4, -0.2) is 41.7 Å². The van der Waals surface area contributed by atoms with E-state index in [9.17, 15) is 0 Å². The van der Waals surface area contributed by atoms with E-state index in [1.54, 1.807) is 23.5 Å². The largest absolute Gasteiger partial charge is 0.357 e. The summed E-state index contributed by atoms with van der Waals surface area (Å²) in [6.07, 6.45) is 0. The van der Waals surface area contributed by atoms with Crippen molar-refractivity contribution in [1.82, 2.24) is 25.8 Å². The lowest BCUT2D eigenvalue weighted by Gasteiger charge is -2.09. The predicted molar refractivity (Wildman–Crippen MR) is 128 cm³/mol. The van der Waals surface area contributed by atoms with Crippen LogP contribution in [0.3, 0.4) is 0 Å². The first-order chi connectivity index (χ1) is 13.5. The molecule has 11 heteroatoms. The third kappa shape index (κ3) is 6.82. The van der Waals surface area contributed by atoms with Crippen molar-refractivity contribution < 1.29 is 4.52 Å². The lowest BCUT2D eigenvalue weighted by atomic mass is 10.2. The summed E-state index contributed by atoms with van der Waals surface area (Å²) in [5.74, 6) is 1.62. The fourth-order valence-corrected chi connectivity index (χ4v) is 3.25. The number of aliphatic imine (C=N–C) groups is 1. The summed E-state index contributed by atoms with van der Waals surface area (Å²) in [6.45, 7) is 3.59. The zero-order valence-electron chi connectivity index (χ0n) is 16.3. The third-order valence-electron chi connectivity index (χ3n) is 3.62. The van der Waals surface area contributed by atoms with Crippen LogP contribution >= 0.6 is 46.9 Å². The molecule has 0 unspecified atom stereocenters. The van der Waals surface area contributed by atoms with Crippen molar-refractivity contribution in [2.24, 2.45) is 4.99 Å². The minimum absolute atomic E-state index is 0. The molecule has 0 saturated heterocycles. The lowest BCUT2D eigenvalue weighted by molar-refractivity contribution is 0.375. The Morgan fingerprint density at radius 3 is 2.79 bits per heavy atom. The van der Waals surface area contributed by atoms with Gasteiger partial charge in [-0.25, -0.2) is 9.98 Å². The second-order valence-corrected chi connectivity index (χ2v) is 7.36. The predicted octanol–water partition coefficient (Wildman–Crippen LogP) is 3.79. The summed E-state index contributed by atoms with van der Waals surface area (Å²) in [5.41, 5.74) is 1.73. The van der Waals surface area contributed by atoms with Gasteiger partial charge in [-0.1, -0.05) is 28.9 Å². The van der Waals surface area contributed by atoms with Gasteiger partial charge in [0, 0.05) is 36.6 Å². The van der Waals surface area contributed by atoms with Crippen LogP contribution in [0.4, 0.5) is 5.13 Å². The Kier molecular flexibility index (Phi) is 9.11.